The van der Waals surface area contributed by atoms with Gasteiger partial charge in [0, 0.05) is 33.5 Å². The minimum Gasteiger partial charge on any atom is -0.489 e. The van der Waals surface area contributed by atoms with Gasteiger partial charge in [0.2, 0.25) is 0 Å². The molecule has 35 heavy (non-hydrogen) atoms. The lowest BCUT2D eigenvalue weighted by atomic mass is 10.2. The van der Waals surface area contributed by atoms with E-state index in [9.17, 15) is 0 Å². The van der Waals surface area contributed by atoms with E-state index in [4.69, 9.17) is 38.0 Å². The van der Waals surface area contributed by atoms with Crippen LogP contribution in [0.25, 0.3) is 16.9 Å². The van der Waals surface area contributed by atoms with E-state index in [1.807, 2.05) is 108 Å². The molecule has 0 bridgehead atoms. The molecule has 1 heterocycles. The molecule has 4 aromatic carbocycles. The van der Waals surface area contributed by atoms with Crippen molar-refractivity contribution >= 4 is 35.2 Å². The molecule has 0 aliphatic rings. The van der Waals surface area contributed by atoms with Crippen molar-refractivity contribution in [3.8, 4) is 22.7 Å². The molecule has 5 aromatic rings. The van der Waals surface area contributed by atoms with Gasteiger partial charge < -0.3 is 4.74 Å². The quantitative estimate of drug-likeness (QED) is 0.212. The second kappa shape index (κ2) is 10.6. The third-order valence-electron chi connectivity index (χ3n) is 5.37. The monoisotopic (exact) mass is 497 g/mol. The van der Waals surface area contributed by atoms with Crippen molar-refractivity contribution in [2.75, 3.05) is 0 Å². The largest absolute Gasteiger partial charge is 0.489 e. The predicted molar refractivity (Wildman–Crippen MR) is 143 cm³/mol. The van der Waals surface area contributed by atoms with E-state index in [0.29, 0.717) is 16.7 Å². The average molecular weight is 498 g/mol. The number of para-hydroxylation sites is 1. The molecule has 0 saturated carbocycles. The molecule has 0 amide bonds. The predicted octanol–water partition coefficient (Wildman–Crippen LogP) is 8.18. The third-order valence-corrected chi connectivity index (χ3v) is 5.96. The zero-order chi connectivity index (χ0) is 24.0. The van der Waals surface area contributed by atoms with Gasteiger partial charge in [0.05, 0.1) is 11.4 Å². The summed E-state index contributed by atoms with van der Waals surface area (Å²) in [5.41, 5.74) is 4.62. The van der Waals surface area contributed by atoms with Gasteiger partial charge in [0.15, 0.2) is 5.82 Å². The van der Waals surface area contributed by atoms with Crippen molar-refractivity contribution in [1.82, 2.24) is 9.78 Å². The first kappa shape index (κ1) is 22.9. The molecule has 1 aromatic heterocycles. The van der Waals surface area contributed by atoms with Gasteiger partial charge in [0.25, 0.3) is 0 Å². The minimum absolute atomic E-state index is 0.345. The van der Waals surface area contributed by atoms with Gasteiger partial charge in [-0.1, -0.05) is 89.9 Å². The number of rotatable bonds is 7. The second-order valence-corrected chi connectivity index (χ2v) is 8.70. The van der Waals surface area contributed by atoms with Crippen LogP contribution in [0.1, 0.15) is 11.1 Å². The van der Waals surface area contributed by atoms with Gasteiger partial charge in [-0.05, 0) is 42.0 Å². The lowest BCUT2D eigenvalue weighted by Gasteiger charge is -2.08. The Labute approximate surface area is 214 Å². The van der Waals surface area contributed by atoms with Crippen LogP contribution in [0.15, 0.2) is 114 Å². The molecular weight excluding hydrogens is 477 g/mol. The summed E-state index contributed by atoms with van der Waals surface area (Å²) in [4.78, 5) is 4.77. The van der Waals surface area contributed by atoms with Crippen LogP contribution in [0, 0.1) is 0 Å². The van der Waals surface area contributed by atoms with Crippen molar-refractivity contribution in [3.63, 3.8) is 0 Å². The number of nitrogens with zero attached hydrogens (tertiary/aromatic N) is 3. The highest BCUT2D eigenvalue weighted by molar-refractivity contribution is 6.35. The Hall–Kier alpha value is -3.86. The van der Waals surface area contributed by atoms with Crippen molar-refractivity contribution < 1.29 is 4.74 Å². The fourth-order valence-corrected chi connectivity index (χ4v) is 4.06. The Balaban J connectivity index is 1.40. The molecule has 0 saturated heterocycles. The maximum Gasteiger partial charge on any atom is 0.156 e. The molecule has 0 N–H and O–H groups in total. The van der Waals surface area contributed by atoms with E-state index in [2.05, 4.69) is 0 Å². The summed E-state index contributed by atoms with van der Waals surface area (Å²) in [6, 6.07) is 35.2. The maximum absolute atomic E-state index is 6.26. The van der Waals surface area contributed by atoms with Crippen molar-refractivity contribution in [2.45, 2.75) is 6.61 Å². The Morgan fingerprint density at radius 2 is 1.57 bits per heavy atom. The van der Waals surface area contributed by atoms with E-state index in [-0.39, 0.29) is 0 Å². The number of hydrogen-bond donors (Lipinski definition) is 0. The number of aliphatic imine (C=N–C) groups is 1. The van der Waals surface area contributed by atoms with Crippen LogP contribution >= 0.6 is 23.2 Å². The van der Waals surface area contributed by atoms with E-state index in [1.54, 1.807) is 12.1 Å². The van der Waals surface area contributed by atoms with Gasteiger partial charge in [-0.2, -0.15) is 5.10 Å². The number of aromatic nitrogens is 2. The summed E-state index contributed by atoms with van der Waals surface area (Å²) < 4.78 is 7.80. The van der Waals surface area contributed by atoms with E-state index < -0.39 is 0 Å². The van der Waals surface area contributed by atoms with Crippen molar-refractivity contribution in [3.05, 3.63) is 130 Å². The fourth-order valence-electron chi connectivity index (χ4n) is 3.60. The summed E-state index contributed by atoms with van der Waals surface area (Å²) in [5, 5.41) is 6.00. The normalized spacial score (nSPS) is 11.1. The Bertz CT molecular complexity index is 1460. The minimum atomic E-state index is 0.345. The summed E-state index contributed by atoms with van der Waals surface area (Å²) in [5.74, 6) is 1.45. The highest BCUT2D eigenvalue weighted by Gasteiger charge is 2.10. The molecule has 4 nitrogen and oxygen atoms in total. The summed E-state index contributed by atoms with van der Waals surface area (Å²) in [6.07, 6.45) is 1.81. The third kappa shape index (κ3) is 5.62. The number of benzene rings is 4. The Morgan fingerprint density at radius 1 is 0.800 bits per heavy atom. The van der Waals surface area contributed by atoms with Crippen LogP contribution in [-0.2, 0) is 6.61 Å². The highest BCUT2D eigenvalue weighted by atomic mass is 35.5. The van der Waals surface area contributed by atoms with Crippen LogP contribution in [0.2, 0.25) is 10.0 Å². The molecule has 0 fully saturated rings. The van der Waals surface area contributed by atoms with Crippen LogP contribution in [-0.4, -0.2) is 16.0 Å². The molecule has 0 unspecified atom stereocenters. The first-order valence-electron chi connectivity index (χ1n) is 11.1. The van der Waals surface area contributed by atoms with Crippen LogP contribution in [0.3, 0.4) is 0 Å². The summed E-state index contributed by atoms with van der Waals surface area (Å²) in [6.45, 7) is 0.345. The molecule has 0 spiro atoms. The molecule has 0 atom stereocenters. The summed E-state index contributed by atoms with van der Waals surface area (Å²) >= 11 is 12.2. The van der Waals surface area contributed by atoms with Crippen molar-refractivity contribution in [2.24, 2.45) is 4.99 Å². The molecule has 172 valence electrons. The lowest BCUT2D eigenvalue weighted by Crippen LogP contribution is -1.97. The first-order chi connectivity index (χ1) is 17.2. The van der Waals surface area contributed by atoms with Gasteiger partial charge in [-0.15, -0.1) is 0 Å². The average Bonchev–Trinajstić information content (AvgIpc) is 3.33. The van der Waals surface area contributed by atoms with E-state index in [0.717, 1.165) is 39.6 Å². The zero-order valence-corrected chi connectivity index (χ0v) is 20.2. The first-order valence-corrected chi connectivity index (χ1v) is 11.8. The SMILES string of the molecule is Clc1ccc(COc2cccc(C=Nc3cc(-c4ccccc4)nn3-c3ccccc3)c2)c(Cl)c1. The lowest BCUT2D eigenvalue weighted by molar-refractivity contribution is 0.306. The van der Waals surface area contributed by atoms with Crippen LogP contribution in [0.5, 0.6) is 5.75 Å². The number of halogens is 2. The van der Waals surface area contributed by atoms with Gasteiger partial charge in [-0.25, -0.2) is 9.67 Å². The Morgan fingerprint density at radius 3 is 2.34 bits per heavy atom. The highest BCUT2D eigenvalue weighted by Crippen LogP contribution is 2.27. The maximum atomic E-state index is 6.26. The van der Waals surface area contributed by atoms with E-state index >= 15 is 0 Å². The second-order valence-electron chi connectivity index (χ2n) is 7.86. The Kier molecular flexibility index (Phi) is 6.94. The van der Waals surface area contributed by atoms with Crippen LogP contribution < -0.4 is 4.74 Å². The topological polar surface area (TPSA) is 39.4 Å². The molecule has 0 radical (unpaired) electrons. The molecular formula is C29H21Cl2N3O. The zero-order valence-electron chi connectivity index (χ0n) is 18.7. The number of hydrogen-bond acceptors (Lipinski definition) is 3. The molecule has 5 rings (SSSR count). The van der Waals surface area contributed by atoms with Gasteiger partial charge in [-0.3, -0.25) is 0 Å². The smallest absolute Gasteiger partial charge is 0.156 e. The van der Waals surface area contributed by atoms with E-state index in [1.165, 1.54) is 0 Å². The number of ether oxygens (including phenoxy) is 1. The summed E-state index contributed by atoms with van der Waals surface area (Å²) in [7, 11) is 0. The van der Waals surface area contributed by atoms with Crippen molar-refractivity contribution in [1.29, 1.82) is 0 Å². The van der Waals surface area contributed by atoms with Gasteiger partial charge in [0.1, 0.15) is 12.4 Å². The van der Waals surface area contributed by atoms with Crippen LogP contribution in [0.4, 0.5) is 5.82 Å². The standard InChI is InChI=1S/C29H21Cl2N3O/c30-24-15-14-23(27(31)17-24)20-35-26-13-7-8-21(16-26)19-32-29-18-28(22-9-3-1-4-10-22)33-34(29)25-11-5-2-6-12-25/h1-19H,20H2. The molecule has 0 aliphatic heterocycles. The fraction of sp³-hybridized carbons (Fsp3) is 0.0345. The van der Waals surface area contributed by atoms with Gasteiger partial charge >= 0.3 is 0 Å². The molecule has 6 heteroatoms. The molecule has 0 aliphatic carbocycles.